The van der Waals surface area contributed by atoms with E-state index in [0.29, 0.717) is 16.5 Å². The fourth-order valence-electron chi connectivity index (χ4n) is 3.25. The number of halogens is 1. The predicted molar refractivity (Wildman–Crippen MR) is 93.7 cm³/mol. The number of hydrogen-bond donors (Lipinski definition) is 1. The lowest BCUT2D eigenvalue weighted by Gasteiger charge is -2.32. The summed E-state index contributed by atoms with van der Waals surface area (Å²) in [6, 6.07) is 16.2. The summed E-state index contributed by atoms with van der Waals surface area (Å²) in [6.07, 6.45) is 2.18. The van der Waals surface area contributed by atoms with Crippen molar-refractivity contribution in [2.45, 2.75) is 25.3 Å². The van der Waals surface area contributed by atoms with Crippen molar-refractivity contribution in [1.29, 1.82) is 0 Å². The lowest BCUT2D eigenvalue weighted by Crippen LogP contribution is -2.32. The summed E-state index contributed by atoms with van der Waals surface area (Å²) in [5, 5.41) is 0.433. The second-order valence-corrected chi connectivity index (χ2v) is 6.55. The number of hydrogen-bond acceptors (Lipinski definition) is 2. The van der Waals surface area contributed by atoms with E-state index in [0.717, 1.165) is 32.5 Å². The minimum absolute atomic E-state index is 0.427. The average Bonchev–Trinajstić information content (AvgIpc) is 2.57. The van der Waals surface area contributed by atoms with E-state index in [1.165, 1.54) is 11.1 Å². The van der Waals surface area contributed by atoms with Gasteiger partial charge in [0.05, 0.1) is 10.6 Å². The molecular formula is C19H21ClN2O. The van der Waals surface area contributed by atoms with E-state index in [1.807, 2.05) is 18.2 Å². The molecule has 1 amide bonds. The van der Waals surface area contributed by atoms with E-state index in [-0.39, 0.29) is 0 Å². The van der Waals surface area contributed by atoms with Gasteiger partial charge in [0.25, 0.3) is 0 Å². The predicted octanol–water partition coefficient (Wildman–Crippen LogP) is 3.82. The molecule has 4 heteroatoms. The van der Waals surface area contributed by atoms with Crippen molar-refractivity contribution in [3.8, 4) is 0 Å². The maximum absolute atomic E-state index is 11.4. The summed E-state index contributed by atoms with van der Waals surface area (Å²) in [7, 11) is 0. The topological polar surface area (TPSA) is 46.3 Å². The van der Waals surface area contributed by atoms with Gasteiger partial charge in [-0.15, -0.1) is 0 Å². The highest BCUT2D eigenvalue weighted by Gasteiger charge is 2.21. The van der Waals surface area contributed by atoms with Crippen LogP contribution in [0.5, 0.6) is 0 Å². The first-order valence-corrected chi connectivity index (χ1v) is 8.37. The number of piperidine rings is 1. The first kappa shape index (κ1) is 16.0. The zero-order valence-corrected chi connectivity index (χ0v) is 13.8. The minimum atomic E-state index is -0.460. The van der Waals surface area contributed by atoms with Crippen LogP contribution in [0.1, 0.15) is 40.2 Å². The van der Waals surface area contributed by atoms with E-state index in [9.17, 15) is 4.79 Å². The number of nitrogens with zero attached hydrogens (tertiary/aromatic N) is 1. The third kappa shape index (κ3) is 3.92. The van der Waals surface area contributed by atoms with Gasteiger partial charge < -0.3 is 5.73 Å². The maximum Gasteiger partial charge on any atom is 0.250 e. The molecule has 2 N–H and O–H groups in total. The summed E-state index contributed by atoms with van der Waals surface area (Å²) in [4.78, 5) is 13.9. The number of primary amides is 1. The van der Waals surface area contributed by atoms with E-state index in [1.54, 1.807) is 6.07 Å². The molecule has 0 unspecified atom stereocenters. The van der Waals surface area contributed by atoms with Crippen molar-refractivity contribution in [3.63, 3.8) is 0 Å². The molecule has 1 fully saturated rings. The standard InChI is InChI=1S/C19H21ClN2O/c20-18-7-6-16(12-17(18)19(21)23)15-8-10-22(11-9-15)13-14-4-2-1-3-5-14/h1-7,12,15H,8-11,13H2,(H2,21,23). The molecule has 1 aliphatic rings. The molecule has 3 rings (SSSR count). The molecule has 1 aliphatic heterocycles. The number of nitrogens with two attached hydrogens (primary N) is 1. The van der Waals surface area contributed by atoms with Crippen molar-refractivity contribution < 1.29 is 4.79 Å². The summed E-state index contributed by atoms with van der Waals surface area (Å²) < 4.78 is 0. The van der Waals surface area contributed by atoms with Crippen molar-refractivity contribution in [2.75, 3.05) is 13.1 Å². The van der Waals surface area contributed by atoms with Gasteiger partial charge in [0.15, 0.2) is 0 Å². The number of likely N-dealkylation sites (tertiary alicyclic amines) is 1. The summed E-state index contributed by atoms with van der Waals surface area (Å²) in [5.41, 5.74) is 8.34. The van der Waals surface area contributed by atoms with Crippen LogP contribution in [0.4, 0.5) is 0 Å². The van der Waals surface area contributed by atoms with Crippen molar-refractivity contribution in [1.82, 2.24) is 4.90 Å². The molecular weight excluding hydrogens is 308 g/mol. The molecule has 2 aromatic rings. The Hall–Kier alpha value is -1.84. The number of rotatable bonds is 4. The maximum atomic E-state index is 11.4. The Bertz CT molecular complexity index is 679. The first-order valence-electron chi connectivity index (χ1n) is 7.99. The highest BCUT2D eigenvalue weighted by atomic mass is 35.5. The highest BCUT2D eigenvalue weighted by Crippen LogP contribution is 2.31. The number of carbonyl (C=O) groups excluding carboxylic acids is 1. The van der Waals surface area contributed by atoms with Crippen molar-refractivity contribution >= 4 is 17.5 Å². The normalized spacial score (nSPS) is 16.4. The SMILES string of the molecule is NC(=O)c1cc(C2CCN(Cc3ccccc3)CC2)ccc1Cl. The van der Waals surface area contributed by atoms with E-state index in [4.69, 9.17) is 17.3 Å². The molecule has 0 saturated carbocycles. The summed E-state index contributed by atoms with van der Waals surface area (Å²) in [6.45, 7) is 3.13. The number of benzene rings is 2. The minimum Gasteiger partial charge on any atom is -0.366 e. The van der Waals surface area contributed by atoms with Crippen LogP contribution in [-0.2, 0) is 6.54 Å². The Kier molecular flexibility index (Phi) is 4.99. The molecule has 0 radical (unpaired) electrons. The second-order valence-electron chi connectivity index (χ2n) is 6.14. The molecule has 3 nitrogen and oxygen atoms in total. The zero-order valence-electron chi connectivity index (χ0n) is 13.0. The quantitative estimate of drug-likeness (QED) is 0.927. The van der Waals surface area contributed by atoms with Crippen LogP contribution in [0.2, 0.25) is 5.02 Å². The van der Waals surface area contributed by atoms with Gasteiger partial charge in [-0.2, -0.15) is 0 Å². The van der Waals surface area contributed by atoms with Gasteiger partial charge in [-0.3, -0.25) is 9.69 Å². The van der Waals surface area contributed by atoms with Crippen molar-refractivity contribution in [3.05, 3.63) is 70.2 Å². The highest BCUT2D eigenvalue weighted by molar-refractivity contribution is 6.33. The van der Waals surface area contributed by atoms with Crippen LogP contribution < -0.4 is 5.73 Å². The van der Waals surface area contributed by atoms with Gasteiger partial charge in [0.1, 0.15) is 0 Å². The molecule has 0 aliphatic carbocycles. The lowest BCUT2D eigenvalue weighted by molar-refractivity contribution is 0.1000. The monoisotopic (exact) mass is 328 g/mol. The molecule has 2 aromatic carbocycles. The van der Waals surface area contributed by atoms with Gasteiger partial charge in [0, 0.05) is 6.54 Å². The Labute approximate surface area is 142 Å². The second kappa shape index (κ2) is 7.16. The van der Waals surface area contributed by atoms with Gasteiger partial charge >= 0.3 is 0 Å². The van der Waals surface area contributed by atoms with Crippen LogP contribution in [0.3, 0.4) is 0 Å². The summed E-state index contributed by atoms with van der Waals surface area (Å²) in [5.74, 6) is 0.00996. The molecule has 0 spiro atoms. The Morgan fingerprint density at radius 3 is 2.48 bits per heavy atom. The smallest absolute Gasteiger partial charge is 0.250 e. The first-order chi connectivity index (χ1) is 11.1. The largest absolute Gasteiger partial charge is 0.366 e. The number of amides is 1. The van der Waals surface area contributed by atoms with Crippen LogP contribution in [0.25, 0.3) is 0 Å². The van der Waals surface area contributed by atoms with E-state index < -0.39 is 5.91 Å². The van der Waals surface area contributed by atoms with Gasteiger partial charge in [0.2, 0.25) is 5.91 Å². The molecule has 120 valence electrons. The van der Waals surface area contributed by atoms with Gasteiger partial charge in [-0.25, -0.2) is 0 Å². The lowest BCUT2D eigenvalue weighted by atomic mass is 9.88. The fraction of sp³-hybridized carbons (Fsp3) is 0.316. The molecule has 1 saturated heterocycles. The Morgan fingerprint density at radius 2 is 1.83 bits per heavy atom. The molecule has 0 atom stereocenters. The third-order valence-electron chi connectivity index (χ3n) is 4.56. The third-order valence-corrected chi connectivity index (χ3v) is 4.89. The van der Waals surface area contributed by atoms with Gasteiger partial charge in [-0.05, 0) is 55.1 Å². The zero-order chi connectivity index (χ0) is 16.2. The molecule has 23 heavy (non-hydrogen) atoms. The Morgan fingerprint density at radius 1 is 1.13 bits per heavy atom. The van der Waals surface area contributed by atoms with E-state index in [2.05, 4.69) is 29.2 Å². The molecule has 0 aromatic heterocycles. The summed E-state index contributed by atoms with van der Waals surface area (Å²) >= 11 is 6.03. The average molecular weight is 329 g/mol. The molecule has 0 bridgehead atoms. The Balaban J connectivity index is 1.63. The van der Waals surface area contributed by atoms with Crippen LogP contribution in [0.15, 0.2) is 48.5 Å². The van der Waals surface area contributed by atoms with Gasteiger partial charge in [-0.1, -0.05) is 48.0 Å². The van der Waals surface area contributed by atoms with Crippen LogP contribution >= 0.6 is 11.6 Å². The van der Waals surface area contributed by atoms with E-state index >= 15 is 0 Å². The number of carbonyl (C=O) groups is 1. The fourth-order valence-corrected chi connectivity index (χ4v) is 3.46. The van der Waals surface area contributed by atoms with Crippen LogP contribution in [0, 0.1) is 0 Å². The molecule has 1 heterocycles. The van der Waals surface area contributed by atoms with Crippen molar-refractivity contribution in [2.24, 2.45) is 5.73 Å². The van der Waals surface area contributed by atoms with Crippen LogP contribution in [-0.4, -0.2) is 23.9 Å².